The van der Waals surface area contributed by atoms with Crippen molar-refractivity contribution in [2.75, 3.05) is 0 Å². The lowest BCUT2D eigenvalue weighted by Gasteiger charge is -2.08. The van der Waals surface area contributed by atoms with Crippen LogP contribution in [-0.4, -0.2) is 15.3 Å². The van der Waals surface area contributed by atoms with Crippen LogP contribution in [0.2, 0.25) is 0 Å². The van der Waals surface area contributed by atoms with E-state index in [0.29, 0.717) is 0 Å². The van der Waals surface area contributed by atoms with Crippen molar-refractivity contribution < 1.29 is 0 Å². The van der Waals surface area contributed by atoms with Crippen molar-refractivity contribution in [2.24, 2.45) is 12.8 Å². The first-order valence-corrected chi connectivity index (χ1v) is 6.88. The maximum Gasteiger partial charge on any atom is 0.107 e. The second kappa shape index (κ2) is 3.57. The number of nitrogens with two attached hydrogens (primary N) is 1. The molecule has 0 aliphatic heterocycles. The van der Waals surface area contributed by atoms with Crippen LogP contribution >= 0.6 is 15.9 Å². The zero-order valence-corrected chi connectivity index (χ0v) is 11.3. The van der Waals surface area contributed by atoms with Gasteiger partial charge in [0.1, 0.15) is 4.60 Å². The molecule has 0 unspecified atom stereocenters. The minimum absolute atomic E-state index is 0.149. The summed E-state index contributed by atoms with van der Waals surface area (Å²) in [6.07, 6.45) is 7.20. The fraction of sp³-hybridized carbons (Fsp3) is 0.750. The van der Waals surface area contributed by atoms with Gasteiger partial charge in [0.15, 0.2) is 0 Å². The number of nitrogens with zero attached hydrogens (tertiary/aromatic N) is 2. The number of halogens is 1. The van der Waals surface area contributed by atoms with Crippen LogP contribution in [0.3, 0.4) is 0 Å². The molecule has 0 radical (unpaired) electrons. The van der Waals surface area contributed by atoms with Gasteiger partial charge in [-0.2, -0.15) is 5.10 Å². The highest BCUT2D eigenvalue weighted by molar-refractivity contribution is 9.10. The summed E-state index contributed by atoms with van der Waals surface area (Å²) in [5.41, 5.74) is 9.02. The Kier molecular flexibility index (Phi) is 2.41. The Morgan fingerprint density at radius 2 is 2.19 bits per heavy atom. The summed E-state index contributed by atoms with van der Waals surface area (Å²) in [7, 11) is 2.01. The fourth-order valence-electron chi connectivity index (χ4n) is 2.27. The molecule has 88 valence electrons. The van der Waals surface area contributed by atoms with E-state index in [0.717, 1.165) is 23.4 Å². The van der Waals surface area contributed by atoms with Crippen molar-refractivity contribution in [3.8, 4) is 0 Å². The molecule has 0 bridgehead atoms. The third kappa shape index (κ3) is 1.93. The predicted octanol–water partition coefficient (Wildman–Crippen LogP) is 2.48. The second-order valence-electron chi connectivity index (χ2n) is 5.41. The van der Waals surface area contributed by atoms with Gasteiger partial charge >= 0.3 is 0 Å². The molecule has 0 atom stereocenters. The van der Waals surface area contributed by atoms with E-state index in [2.05, 4.69) is 21.0 Å². The molecule has 0 amide bonds. The monoisotopic (exact) mass is 283 g/mol. The maximum absolute atomic E-state index is 6.15. The summed E-state index contributed by atoms with van der Waals surface area (Å²) >= 11 is 3.64. The van der Waals surface area contributed by atoms with Gasteiger partial charge in [-0.15, -0.1) is 0 Å². The van der Waals surface area contributed by atoms with Crippen LogP contribution < -0.4 is 5.73 Å². The zero-order chi connectivity index (χ0) is 11.3. The fourth-order valence-corrected chi connectivity index (χ4v) is 2.75. The van der Waals surface area contributed by atoms with E-state index in [-0.39, 0.29) is 5.54 Å². The largest absolute Gasteiger partial charge is 0.325 e. The van der Waals surface area contributed by atoms with Crippen LogP contribution in [0.15, 0.2) is 4.60 Å². The van der Waals surface area contributed by atoms with Crippen molar-refractivity contribution in [1.29, 1.82) is 0 Å². The first kappa shape index (κ1) is 10.8. The van der Waals surface area contributed by atoms with Crippen LogP contribution in [0.4, 0.5) is 0 Å². The Labute approximate surface area is 105 Å². The number of hydrogen-bond donors (Lipinski definition) is 1. The predicted molar refractivity (Wildman–Crippen MR) is 67.4 cm³/mol. The Balaban J connectivity index is 1.80. The first-order valence-electron chi connectivity index (χ1n) is 6.09. The quantitative estimate of drug-likeness (QED) is 0.923. The van der Waals surface area contributed by atoms with Gasteiger partial charge in [-0.25, -0.2) is 0 Å². The molecule has 2 saturated carbocycles. The van der Waals surface area contributed by atoms with Gasteiger partial charge in [0.05, 0.1) is 5.69 Å². The van der Waals surface area contributed by atoms with Gasteiger partial charge in [-0.05, 0) is 54.5 Å². The van der Waals surface area contributed by atoms with Gasteiger partial charge in [0.2, 0.25) is 0 Å². The van der Waals surface area contributed by atoms with Crippen LogP contribution in [0.5, 0.6) is 0 Å². The molecule has 2 aliphatic carbocycles. The normalized spacial score (nSPS) is 22.4. The standard InChI is InChI=1S/C12H18BrN3/c1-16-11(13)9(4-5-12(14)6-7-12)10(15-16)8-2-3-8/h8H,2-7,14H2,1H3. The Bertz CT molecular complexity index is 416. The number of aromatic nitrogens is 2. The molecular weight excluding hydrogens is 266 g/mol. The van der Waals surface area contributed by atoms with Gasteiger partial charge in [0.25, 0.3) is 0 Å². The summed E-state index contributed by atoms with van der Waals surface area (Å²) in [6, 6.07) is 0. The van der Waals surface area contributed by atoms with Crippen molar-refractivity contribution in [3.63, 3.8) is 0 Å². The molecule has 2 aliphatic rings. The zero-order valence-electron chi connectivity index (χ0n) is 9.67. The summed E-state index contributed by atoms with van der Waals surface area (Å²) in [4.78, 5) is 0. The lowest BCUT2D eigenvalue weighted by atomic mass is 10.0. The Hall–Kier alpha value is -0.350. The van der Waals surface area contributed by atoms with Crippen molar-refractivity contribution >= 4 is 15.9 Å². The van der Waals surface area contributed by atoms with E-state index in [9.17, 15) is 0 Å². The third-order valence-electron chi connectivity index (χ3n) is 3.83. The highest BCUT2D eigenvalue weighted by atomic mass is 79.9. The molecule has 1 aromatic rings. The SMILES string of the molecule is Cn1nc(C2CC2)c(CCC2(N)CC2)c1Br. The molecule has 2 N–H and O–H groups in total. The molecule has 0 aromatic carbocycles. The average Bonchev–Trinajstić information content (AvgIpc) is 3.12. The van der Waals surface area contributed by atoms with Gasteiger partial charge < -0.3 is 5.73 Å². The van der Waals surface area contributed by atoms with Crippen molar-refractivity contribution in [2.45, 2.75) is 50.0 Å². The van der Waals surface area contributed by atoms with Crippen LogP contribution in [0, 0.1) is 0 Å². The number of hydrogen-bond acceptors (Lipinski definition) is 2. The molecule has 1 heterocycles. The van der Waals surface area contributed by atoms with E-state index in [1.807, 2.05) is 11.7 Å². The molecule has 4 heteroatoms. The molecule has 1 aromatic heterocycles. The molecule has 0 spiro atoms. The molecule has 3 rings (SSSR count). The van der Waals surface area contributed by atoms with Crippen molar-refractivity contribution in [1.82, 2.24) is 9.78 Å². The van der Waals surface area contributed by atoms with Crippen molar-refractivity contribution in [3.05, 3.63) is 15.9 Å². The summed E-state index contributed by atoms with van der Waals surface area (Å²) in [6.45, 7) is 0. The van der Waals surface area contributed by atoms with Gasteiger partial charge in [0, 0.05) is 24.1 Å². The smallest absolute Gasteiger partial charge is 0.107 e. The Morgan fingerprint density at radius 3 is 2.75 bits per heavy atom. The van der Waals surface area contributed by atoms with Crippen LogP contribution in [-0.2, 0) is 13.5 Å². The Morgan fingerprint density at radius 1 is 1.50 bits per heavy atom. The number of rotatable bonds is 4. The lowest BCUT2D eigenvalue weighted by molar-refractivity contribution is 0.606. The van der Waals surface area contributed by atoms with E-state index in [4.69, 9.17) is 5.73 Å². The number of aryl methyl sites for hydroxylation is 1. The van der Waals surface area contributed by atoms with E-state index in [1.165, 1.54) is 36.9 Å². The minimum Gasteiger partial charge on any atom is -0.325 e. The van der Waals surface area contributed by atoms with E-state index in [1.54, 1.807) is 0 Å². The highest BCUT2D eigenvalue weighted by Crippen LogP contribution is 2.44. The molecule has 16 heavy (non-hydrogen) atoms. The van der Waals surface area contributed by atoms with Crippen LogP contribution in [0.25, 0.3) is 0 Å². The summed E-state index contributed by atoms with van der Waals surface area (Å²) in [5.74, 6) is 0.723. The second-order valence-corrected chi connectivity index (χ2v) is 6.17. The summed E-state index contributed by atoms with van der Waals surface area (Å²) < 4.78 is 3.11. The van der Waals surface area contributed by atoms with Crippen LogP contribution in [0.1, 0.15) is 49.3 Å². The molecular formula is C12H18BrN3. The van der Waals surface area contributed by atoms with E-state index >= 15 is 0 Å². The van der Waals surface area contributed by atoms with E-state index < -0.39 is 0 Å². The molecule has 2 fully saturated rings. The summed E-state index contributed by atoms with van der Waals surface area (Å²) in [5, 5.41) is 4.62. The molecule has 3 nitrogen and oxygen atoms in total. The maximum atomic E-state index is 6.15. The molecule has 0 saturated heterocycles. The minimum atomic E-state index is 0.149. The third-order valence-corrected chi connectivity index (χ3v) is 4.82. The first-order chi connectivity index (χ1) is 7.59. The topological polar surface area (TPSA) is 43.8 Å². The lowest BCUT2D eigenvalue weighted by Crippen LogP contribution is -2.22. The highest BCUT2D eigenvalue weighted by Gasteiger charge is 2.38. The van der Waals surface area contributed by atoms with Gasteiger partial charge in [-0.1, -0.05) is 0 Å². The van der Waals surface area contributed by atoms with Gasteiger partial charge in [-0.3, -0.25) is 4.68 Å². The average molecular weight is 284 g/mol.